The van der Waals surface area contributed by atoms with Gasteiger partial charge in [-0.05, 0) is 0 Å². The van der Waals surface area contributed by atoms with E-state index in [4.69, 9.17) is 5.73 Å². The zero-order chi connectivity index (χ0) is 10.3. The molecule has 8 nitrogen and oxygen atoms in total. The molecule has 1 amide bonds. The molecule has 0 aromatic carbocycles. The van der Waals surface area contributed by atoms with E-state index < -0.39 is 11.6 Å². The molecule has 0 saturated heterocycles. The Kier molecular flexibility index (Phi) is 2.51. The zero-order valence-electron chi connectivity index (χ0n) is 7.21. The van der Waals surface area contributed by atoms with Crippen molar-refractivity contribution in [2.45, 2.75) is 7.43 Å². The summed E-state index contributed by atoms with van der Waals surface area (Å²) in [6.45, 7) is 0. The fourth-order valence-electron chi connectivity index (χ4n) is 1.05. The zero-order valence-corrected chi connectivity index (χ0v) is 7.21. The number of imidazole rings is 1. The third kappa shape index (κ3) is 1.45. The Bertz CT molecular complexity index is 568. The lowest BCUT2D eigenvalue weighted by molar-refractivity contribution is 0.0997. The Morgan fingerprint density at radius 3 is 2.80 bits per heavy atom. The maximum Gasteiger partial charge on any atom is 0.352 e. The molecular weight excluding hydrogens is 200 g/mol. The number of aromatic nitrogens is 5. The lowest BCUT2D eigenvalue weighted by Gasteiger charge is -1.95. The maximum absolute atomic E-state index is 11.4. The number of hydrogen-bond donors (Lipinski definition) is 1. The first-order valence-electron chi connectivity index (χ1n) is 3.68. The number of rotatable bonds is 1. The highest BCUT2D eigenvalue weighted by Crippen LogP contribution is 2.00. The van der Waals surface area contributed by atoms with Gasteiger partial charge in [0.15, 0.2) is 11.3 Å². The van der Waals surface area contributed by atoms with E-state index in [1.165, 1.54) is 13.4 Å². The van der Waals surface area contributed by atoms with Crippen molar-refractivity contribution in [3.05, 3.63) is 22.5 Å². The number of hydrogen-bond acceptors (Lipinski definition) is 5. The predicted octanol–water partition coefficient (Wildman–Crippen LogP) is -1.44. The molecule has 0 unspecified atom stereocenters. The molecule has 0 atom stereocenters. The minimum absolute atomic E-state index is 0. The summed E-state index contributed by atoms with van der Waals surface area (Å²) in [6, 6.07) is 0. The van der Waals surface area contributed by atoms with Crippen molar-refractivity contribution < 1.29 is 4.79 Å². The summed E-state index contributed by atoms with van der Waals surface area (Å²) in [6.07, 6.45) is 1.19. The fraction of sp³-hybridized carbons (Fsp3) is 0.286. The second-order valence-corrected chi connectivity index (χ2v) is 2.65. The van der Waals surface area contributed by atoms with E-state index in [-0.39, 0.29) is 18.8 Å². The second kappa shape index (κ2) is 3.48. The second-order valence-electron chi connectivity index (χ2n) is 2.65. The summed E-state index contributed by atoms with van der Waals surface area (Å²) in [4.78, 5) is 25.9. The Morgan fingerprint density at radius 2 is 2.20 bits per heavy atom. The number of nitrogens with two attached hydrogens (primary N) is 1. The van der Waals surface area contributed by atoms with Gasteiger partial charge in [0.2, 0.25) is 0 Å². The van der Waals surface area contributed by atoms with E-state index in [1.54, 1.807) is 0 Å². The molecule has 0 bridgehead atoms. The summed E-state index contributed by atoms with van der Waals surface area (Å²) in [5.74, 6) is -0.741. The number of primary amides is 1. The summed E-state index contributed by atoms with van der Waals surface area (Å²) in [5, 5.41) is 7.14. The van der Waals surface area contributed by atoms with Gasteiger partial charge < -0.3 is 5.73 Å². The van der Waals surface area contributed by atoms with Crippen LogP contribution in [0.25, 0.3) is 5.65 Å². The molecule has 8 heteroatoms. The van der Waals surface area contributed by atoms with Crippen LogP contribution in [0, 0.1) is 0 Å². The number of amides is 1. The topological polar surface area (TPSA) is 108 Å². The van der Waals surface area contributed by atoms with Crippen LogP contribution in [0.2, 0.25) is 0 Å². The largest absolute Gasteiger partial charge is 0.364 e. The first-order chi connectivity index (χ1) is 6.61. The molecule has 2 aromatic heterocycles. The first kappa shape index (κ1) is 10.8. The van der Waals surface area contributed by atoms with Crippen molar-refractivity contribution >= 4 is 11.6 Å². The van der Waals surface area contributed by atoms with Gasteiger partial charge in [-0.3, -0.25) is 4.79 Å². The highest BCUT2D eigenvalue weighted by molar-refractivity contribution is 5.96. The molecule has 2 aromatic rings. The highest BCUT2D eigenvalue weighted by Gasteiger charge is 2.13. The van der Waals surface area contributed by atoms with Crippen molar-refractivity contribution in [1.82, 2.24) is 24.4 Å². The summed E-state index contributed by atoms with van der Waals surface area (Å²) in [7, 11) is 1.44. The molecule has 2 heterocycles. The van der Waals surface area contributed by atoms with Crippen LogP contribution in [0.3, 0.4) is 0 Å². The third-order valence-electron chi connectivity index (χ3n) is 1.73. The monoisotopic (exact) mass is 210 g/mol. The third-order valence-corrected chi connectivity index (χ3v) is 1.73. The van der Waals surface area contributed by atoms with Gasteiger partial charge >= 0.3 is 5.69 Å². The lowest BCUT2D eigenvalue weighted by Crippen LogP contribution is -2.27. The summed E-state index contributed by atoms with van der Waals surface area (Å²) >= 11 is 0. The Hall–Kier alpha value is -2.25. The smallest absolute Gasteiger partial charge is 0.352 e. The molecule has 0 radical (unpaired) electrons. The van der Waals surface area contributed by atoms with Gasteiger partial charge in [0.1, 0.15) is 6.33 Å². The minimum atomic E-state index is -0.741. The van der Waals surface area contributed by atoms with Crippen LogP contribution in [-0.4, -0.2) is 30.3 Å². The Morgan fingerprint density at radius 1 is 1.53 bits per heavy atom. The normalized spacial score (nSPS) is 9.93. The van der Waals surface area contributed by atoms with E-state index in [1.807, 2.05) is 0 Å². The molecular formula is C7H10N6O2. The van der Waals surface area contributed by atoms with Crippen LogP contribution in [0.15, 0.2) is 11.1 Å². The molecule has 2 N–H and O–H groups in total. The molecule has 0 aliphatic rings. The number of carbonyl (C=O) groups is 1. The molecule has 80 valence electrons. The van der Waals surface area contributed by atoms with E-state index in [9.17, 15) is 9.59 Å². The van der Waals surface area contributed by atoms with Crippen LogP contribution in [0.5, 0.6) is 0 Å². The van der Waals surface area contributed by atoms with Crippen molar-refractivity contribution in [3.63, 3.8) is 0 Å². The number of fused-ring (bicyclic) bond motifs is 1. The van der Waals surface area contributed by atoms with E-state index in [0.717, 1.165) is 9.08 Å². The molecule has 0 saturated carbocycles. The predicted molar refractivity (Wildman–Crippen MR) is 51.3 cm³/mol. The first-order valence-corrected chi connectivity index (χ1v) is 3.68. The van der Waals surface area contributed by atoms with Gasteiger partial charge in [-0.2, -0.15) is 4.68 Å². The number of nitrogens with zero attached hydrogens (tertiary/aromatic N) is 5. The molecule has 0 fully saturated rings. The van der Waals surface area contributed by atoms with Crippen molar-refractivity contribution in [1.29, 1.82) is 0 Å². The van der Waals surface area contributed by atoms with E-state index in [0.29, 0.717) is 0 Å². The van der Waals surface area contributed by atoms with Crippen LogP contribution in [0.1, 0.15) is 17.9 Å². The standard InChI is InChI=1S/C6H6N6O2.CH4/c1-11-6(14)12-2-8-3(4(7)13)5(12)9-10-11;/h2H,1H3,(H2,7,13);1H4. The van der Waals surface area contributed by atoms with E-state index in [2.05, 4.69) is 15.3 Å². The van der Waals surface area contributed by atoms with Crippen molar-refractivity contribution in [2.75, 3.05) is 0 Å². The van der Waals surface area contributed by atoms with Gasteiger partial charge in [0.25, 0.3) is 5.91 Å². The van der Waals surface area contributed by atoms with Crippen LogP contribution < -0.4 is 11.4 Å². The minimum Gasteiger partial charge on any atom is -0.364 e. The van der Waals surface area contributed by atoms with Gasteiger partial charge in [-0.1, -0.05) is 12.6 Å². The molecule has 0 spiro atoms. The van der Waals surface area contributed by atoms with E-state index >= 15 is 0 Å². The molecule has 2 rings (SSSR count). The average molecular weight is 210 g/mol. The van der Waals surface area contributed by atoms with Crippen LogP contribution in [0.4, 0.5) is 0 Å². The Balaban J connectivity index is 0.00000112. The fourth-order valence-corrected chi connectivity index (χ4v) is 1.05. The van der Waals surface area contributed by atoms with Gasteiger partial charge in [0, 0.05) is 7.05 Å². The van der Waals surface area contributed by atoms with Gasteiger partial charge in [0.05, 0.1) is 0 Å². The number of carbonyl (C=O) groups excluding carboxylic acids is 1. The summed E-state index contributed by atoms with van der Waals surface area (Å²) in [5.41, 5.74) is 4.60. The van der Waals surface area contributed by atoms with Crippen LogP contribution >= 0.6 is 0 Å². The van der Waals surface area contributed by atoms with Crippen LogP contribution in [-0.2, 0) is 7.05 Å². The average Bonchev–Trinajstić information content (AvgIpc) is 2.55. The van der Waals surface area contributed by atoms with Crippen molar-refractivity contribution in [3.8, 4) is 0 Å². The number of aryl methyl sites for hydroxylation is 1. The van der Waals surface area contributed by atoms with Crippen molar-refractivity contribution in [2.24, 2.45) is 12.8 Å². The van der Waals surface area contributed by atoms with Gasteiger partial charge in [-0.25, -0.2) is 14.2 Å². The quantitative estimate of drug-likeness (QED) is 0.620. The maximum atomic E-state index is 11.4. The van der Waals surface area contributed by atoms with Gasteiger partial charge in [-0.15, -0.1) is 5.10 Å². The molecule has 0 aliphatic carbocycles. The Labute approximate surface area is 84.3 Å². The summed E-state index contributed by atoms with van der Waals surface area (Å²) < 4.78 is 2.13. The highest BCUT2D eigenvalue weighted by atomic mass is 16.2. The molecule has 15 heavy (non-hydrogen) atoms. The lowest BCUT2D eigenvalue weighted by atomic mass is 10.4. The molecule has 0 aliphatic heterocycles. The SMILES string of the molecule is C.Cn1nnc2c(C(N)=O)ncn2c1=O.